The second-order valence-electron chi connectivity index (χ2n) is 0. The zero-order valence-electron chi connectivity index (χ0n) is 5.66. The number of hydrogen-bond acceptors (Lipinski definition) is 0. The minimum Gasteiger partial charge on any atom is -1.00 e. The molecular formula is H8F6MgU. The average molecular weight is 384 g/mol. The molecule has 56 valence electrons. The van der Waals surface area contributed by atoms with Crippen LogP contribution in [0.5, 0.6) is 0 Å². The van der Waals surface area contributed by atoms with Crippen molar-refractivity contribution in [1.29, 1.82) is 0 Å². The van der Waals surface area contributed by atoms with E-state index < -0.39 is 0 Å². The Morgan fingerprint density at radius 3 is 0.500 bits per heavy atom. The van der Waals surface area contributed by atoms with Crippen molar-refractivity contribution in [1.82, 2.24) is 0 Å². The van der Waals surface area contributed by atoms with Gasteiger partial charge in [0, 0.05) is 31.1 Å². The second-order valence-corrected chi connectivity index (χ2v) is 0. The molecule has 0 aliphatic heterocycles. The molecule has 0 saturated carbocycles. The van der Waals surface area contributed by atoms with Crippen molar-refractivity contribution >= 4 is 23.1 Å². The van der Waals surface area contributed by atoms with Crippen LogP contribution in [0.2, 0.25) is 0 Å². The Morgan fingerprint density at radius 1 is 0.500 bits per heavy atom. The third kappa shape index (κ3) is 155. The summed E-state index contributed by atoms with van der Waals surface area (Å²) < 4.78 is 0. The summed E-state index contributed by atoms with van der Waals surface area (Å²) in [7, 11) is 0. The predicted molar refractivity (Wildman–Crippen MR) is 23.0 cm³/mol. The molecule has 0 aliphatic rings. The van der Waals surface area contributed by atoms with E-state index in [1.165, 1.54) is 0 Å². The predicted octanol–water partition coefficient (Wildman–Crippen LogP) is 0.759. The summed E-state index contributed by atoms with van der Waals surface area (Å²) in [6, 6.07) is 0. The molecule has 0 radical (unpaired) electrons. The molecule has 0 amide bonds. The van der Waals surface area contributed by atoms with Gasteiger partial charge in [-0.05, 0) is 0 Å². The van der Waals surface area contributed by atoms with E-state index in [4.69, 9.17) is 0 Å². The molecule has 8 heavy (non-hydrogen) atoms. The van der Waals surface area contributed by atoms with Gasteiger partial charge in [0.25, 0.3) is 0 Å². The zero-order valence-corrected chi connectivity index (χ0v) is 9.23. The number of rotatable bonds is 0. The molecule has 0 atom stereocenters. The van der Waals surface area contributed by atoms with Crippen molar-refractivity contribution in [2.75, 3.05) is 0 Å². The van der Waals surface area contributed by atoms with Gasteiger partial charge >= 0.3 is 23.1 Å². The largest absolute Gasteiger partial charge is 2.00 e. The molecule has 0 bridgehead atoms. The Kier molecular flexibility index (Phi) is 9970. The minimum absolute atomic E-state index is 0. The summed E-state index contributed by atoms with van der Waals surface area (Å²) in [4.78, 5) is 0. The van der Waals surface area contributed by atoms with Gasteiger partial charge in [0.2, 0.25) is 0 Å². The fourth-order valence-electron chi connectivity index (χ4n) is 0. The average Bonchev–Trinajstić information content (AvgIpc) is 0. The molecule has 0 aromatic rings. The van der Waals surface area contributed by atoms with E-state index in [9.17, 15) is 0 Å². The summed E-state index contributed by atoms with van der Waals surface area (Å²) in [5, 5.41) is 0. The van der Waals surface area contributed by atoms with Crippen LogP contribution in [0.4, 0.5) is 28.2 Å². The van der Waals surface area contributed by atoms with E-state index in [0.717, 1.165) is 0 Å². The fraction of sp³-hybridized carbons (Fsp3) is 0. The molecule has 0 spiro atoms. The van der Waals surface area contributed by atoms with Crippen LogP contribution in [0, 0.1) is 31.1 Å². The third-order valence-corrected chi connectivity index (χ3v) is 0. The van der Waals surface area contributed by atoms with Crippen LogP contribution in [-0.4, -0.2) is 23.1 Å². The van der Waals surface area contributed by atoms with E-state index in [1.54, 1.807) is 0 Å². The summed E-state index contributed by atoms with van der Waals surface area (Å²) >= 11 is 0. The van der Waals surface area contributed by atoms with Crippen molar-refractivity contribution in [2.24, 2.45) is 0 Å². The Bertz CT molecular complexity index is 15.7. The van der Waals surface area contributed by atoms with Crippen molar-refractivity contribution in [3.8, 4) is 0 Å². The van der Waals surface area contributed by atoms with E-state index in [1.807, 2.05) is 0 Å². The first kappa shape index (κ1) is 339. The van der Waals surface area contributed by atoms with Gasteiger partial charge in [-0.1, -0.05) is 0 Å². The molecule has 0 aliphatic carbocycles. The molecule has 0 N–H and O–H groups in total. The van der Waals surface area contributed by atoms with Gasteiger partial charge in [0.05, 0.1) is 0 Å². The molecule has 0 unspecified atom stereocenters. The molecule has 0 saturated heterocycles. The van der Waals surface area contributed by atoms with Gasteiger partial charge in [-0.3, -0.25) is 28.2 Å². The van der Waals surface area contributed by atoms with Crippen LogP contribution in [0.25, 0.3) is 0 Å². The molecule has 8 heteroatoms. The third-order valence-electron chi connectivity index (χ3n) is 0. The van der Waals surface area contributed by atoms with E-state index in [2.05, 4.69) is 0 Å². The van der Waals surface area contributed by atoms with Crippen molar-refractivity contribution in [3.05, 3.63) is 0 Å². The molecular weight excluding hydrogens is 376 g/mol. The maximum Gasteiger partial charge on any atom is 2.00 e. The van der Waals surface area contributed by atoms with E-state index in [0.29, 0.717) is 0 Å². The number of hydrogen-bond donors (Lipinski definition) is 0. The Balaban J connectivity index is 0. The quantitative estimate of drug-likeness (QED) is 0.427. The standard InChI is InChI=1S/6FH.Mg.U.2H/h6*1H;;;;/q;;;;;;+2;;2*-1. The van der Waals surface area contributed by atoms with Gasteiger partial charge in [-0.15, -0.1) is 0 Å². The molecule has 0 aromatic carbocycles. The first-order valence-corrected chi connectivity index (χ1v) is 0. The van der Waals surface area contributed by atoms with Crippen molar-refractivity contribution < 1.29 is 62.2 Å². The molecule has 0 nitrogen and oxygen atoms in total. The maximum absolute atomic E-state index is 0. The molecule has 0 fully saturated rings. The second kappa shape index (κ2) is 235. The summed E-state index contributed by atoms with van der Waals surface area (Å²) in [6.07, 6.45) is 0. The SMILES string of the molecule is F.F.F.F.F.F.[H-].[H-].[Mg+2].[U]. The van der Waals surface area contributed by atoms with Crippen LogP contribution in [0.1, 0.15) is 2.85 Å². The fourth-order valence-corrected chi connectivity index (χ4v) is 0. The van der Waals surface area contributed by atoms with Gasteiger partial charge in [0.1, 0.15) is 0 Å². The Morgan fingerprint density at radius 2 is 0.500 bits per heavy atom. The number of halogens is 6. The van der Waals surface area contributed by atoms with Crippen LogP contribution < -0.4 is 0 Å². The monoisotopic (exact) mass is 384 g/mol. The molecule has 0 aromatic heterocycles. The van der Waals surface area contributed by atoms with Gasteiger partial charge in [-0.25, -0.2) is 0 Å². The van der Waals surface area contributed by atoms with Crippen LogP contribution >= 0.6 is 0 Å². The van der Waals surface area contributed by atoms with Crippen LogP contribution in [0.15, 0.2) is 0 Å². The first-order valence-electron chi connectivity index (χ1n) is 0. The van der Waals surface area contributed by atoms with Gasteiger partial charge < -0.3 is 2.85 Å². The Labute approximate surface area is 84.9 Å². The first-order chi connectivity index (χ1) is 0. The van der Waals surface area contributed by atoms with Gasteiger partial charge in [0.15, 0.2) is 0 Å². The zero-order chi connectivity index (χ0) is 0. The summed E-state index contributed by atoms with van der Waals surface area (Å²) in [6.45, 7) is 0. The van der Waals surface area contributed by atoms with Crippen molar-refractivity contribution in [3.63, 3.8) is 0 Å². The van der Waals surface area contributed by atoms with E-state index >= 15 is 0 Å². The van der Waals surface area contributed by atoms with Crippen molar-refractivity contribution in [2.45, 2.75) is 0 Å². The maximum atomic E-state index is 0. The minimum atomic E-state index is 0. The normalized spacial score (nSPS) is 0. The smallest absolute Gasteiger partial charge is 1.00 e. The Hall–Kier alpha value is 1.40. The van der Waals surface area contributed by atoms with Gasteiger partial charge in [-0.2, -0.15) is 0 Å². The molecule has 0 rings (SSSR count). The summed E-state index contributed by atoms with van der Waals surface area (Å²) in [5.74, 6) is 0. The topological polar surface area (TPSA) is 0 Å². The summed E-state index contributed by atoms with van der Waals surface area (Å²) in [5.41, 5.74) is 0. The van der Waals surface area contributed by atoms with E-state index in [-0.39, 0.29) is 85.2 Å². The molecule has 0 heterocycles. The van der Waals surface area contributed by atoms with Crippen LogP contribution in [-0.2, 0) is 0 Å². The van der Waals surface area contributed by atoms with Crippen LogP contribution in [0.3, 0.4) is 0 Å².